The summed E-state index contributed by atoms with van der Waals surface area (Å²) in [5.74, 6) is -0.447. The number of hydrogen-bond acceptors (Lipinski definition) is 4. The first-order valence-corrected chi connectivity index (χ1v) is 7.58. The van der Waals surface area contributed by atoms with Gasteiger partial charge in [-0.15, -0.1) is 0 Å². The Morgan fingerprint density at radius 1 is 1.00 bits per heavy atom. The Labute approximate surface area is 125 Å². The normalized spacial score (nSPS) is 13.4. The molecular formula is C14H13F3O4S. The molecule has 0 aliphatic rings. The molecule has 0 saturated heterocycles. The number of aliphatic hydroxyl groups is 1. The van der Waals surface area contributed by atoms with E-state index in [1.807, 2.05) is 0 Å². The molecule has 1 N–H and O–H groups in total. The van der Waals surface area contributed by atoms with Crippen molar-refractivity contribution in [3.05, 3.63) is 42.0 Å². The van der Waals surface area contributed by atoms with Gasteiger partial charge < -0.3 is 9.29 Å². The zero-order valence-corrected chi connectivity index (χ0v) is 12.5. The van der Waals surface area contributed by atoms with Crippen molar-refractivity contribution >= 4 is 20.9 Å². The van der Waals surface area contributed by atoms with Gasteiger partial charge in [0.05, 0.1) is 5.60 Å². The summed E-state index contributed by atoms with van der Waals surface area (Å²) in [5.41, 5.74) is -6.09. The average Bonchev–Trinajstić information content (AvgIpc) is 2.35. The maximum atomic E-state index is 12.3. The van der Waals surface area contributed by atoms with E-state index in [0.29, 0.717) is 16.3 Å². The van der Waals surface area contributed by atoms with Crippen LogP contribution < -0.4 is 4.18 Å². The molecule has 0 heterocycles. The highest BCUT2D eigenvalue weighted by Gasteiger charge is 2.48. The van der Waals surface area contributed by atoms with E-state index in [1.165, 1.54) is 12.1 Å². The molecule has 2 rings (SSSR count). The van der Waals surface area contributed by atoms with E-state index in [-0.39, 0.29) is 0 Å². The van der Waals surface area contributed by atoms with Crippen LogP contribution >= 0.6 is 0 Å². The third-order valence-electron chi connectivity index (χ3n) is 3.01. The molecule has 0 amide bonds. The minimum absolute atomic E-state index is 0.447. The fourth-order valence-corrected chi connectivity index (χ4v) is 2.28. The predicted molar refractivity (Wildman–Crippen MR) is 74.8 cm³/mol. The van der Waals surface area contributed by atoms with Crippen LogP contribution in [0.2, 0.25) is 0 Å². The fourth-order valence-electron chi connectivity index (χ4n) is 1.83. The molecule has 0 aliphatic heterocycles. The van der Waals surface area contributed by atoms with Gasteiger partial charge in [-0.1, -0.05) is 18.2 Å². The summed E-state index contributed by atoms with van der Waals surface area (Å²) in [6.45, 7) is 3.12. The van der Waals surface area contributed by atoms with Gasteiger partial charge in [-0.25, -0.2) is 0 Å². The second kappa shape index (κ2) is 5.13. The van der Waals surface area contributed by atoms with Crippen LogP contribution in [0.3, 0.4) is 0 Å². The lowest BCUT2D eigenvalue weighted by Crippen LogP contribution is -2.28. The van der Waals surface area contributed by atoms with Gasteiger partial charge in [-0.2, -0.15) is 21.6 Å². The molecule has 0 saturated carbocycles. The molecule has 0 spiro atoms. The lowest BCUT2D eigenvalue weighted by Gasteiger charge is -2.18. The van der Waals surface area contributed by atoms with Gasteiger partial charge in [0.2, 0.25) is 0 Å². The van der Waals surface area contributed by atoms with Crippen molar-refractivity contribution in [2.45, 2.75) is 25.0 Å². The molecule has 22 heavy (non-hydrogen) atoms. The van der Waals surface area contributed by atoms with Crippen molar-refractivity contribution in [1.82, 2.24) is 0 Å². The number of hydrogen-bond donors (Lipinski definition) is 1. The second-order valence-electron chi connectivity index (χ2n) is 5.27. The van der Waals surface area contributed by atoms with Crippen molar-refractivity contribution in [1.29, 1.82) is 0 Å². The molecular weight excluding hydrogens is 321 g/mol. The number of fused-ring (bicyclic) bond motifs is 1. The highest BCUT2D eigenvalue weighted by Crippen LogP contribution is 2.30. The summed E-state index contributed by atoms with van der Waals surface area (Å²) < 4.78 is 63.0. The Hall–Kier alpha value is -1.80. The largest absolute Gasteiger partial charge is 0.534 e. The van der Waals surface area contributed by atoms with Gasteiger partial charge in [0.15, 0.2) is 0 Å². The highest BCUT2D eigenvalue weighted by atomic mass is 32.2. The minimum atomic E-state index is -5.71. The third-order valence-corrected chi connectivity index (χ3v) is 3.99. The van der Waals surface area contributed by atoms with Crippen molar-refractivity contribution in [2.24, 2.45) is 0 Å². The molecule has 120 valence electrons. The van der Waals surface area contributed by atoms with Crippen LogP contribution in [-0.2, 0) is 15.7 Å². The standard InChI is InChI=1S/C14H13F3O4S/c1-13(2,18)11-5-3-9-4-6-12(8-10(9)7-11)21-22(19,20)14(15,16)17/h3-8,18H,1-2H3. The van der Waals surface area contributed by atoms with Crippen LogP contribution in [0.25, 0.3) is 10.8 Å². The van der Waals surface area contributed by atoms with Crippen LogP contribution in [0, 0.1) is 0 Å². The summed E-state index contributed by atoms with van der Waals surface area (Å²) in [6, 6.07) is 8.65. The van der Waals surface area contributed by atoms with Gasteiger partial charge in [-0.05, 0) is 48.4 Å². The van der Waals surface area contributed by atoms with Crippen LogP contribution in [0.1, 0.15) is 19.4 Å². The number of alkyl halides is 3. The van der Waals surface area contributed by atoms with Crippen molar-refractivity contribution < 1.29 is 30.9 Å². The molecule has 8 heteroatoms. The van der Waals surface area contributed by atoms with Crippen LogP contribution in [0.5, 0.6) is 5.75 Å². The van der Waals surface area contributed by atoms with Crippen molar-refractivity contribution in [3.63, 3.8) is 0 Å². The first kappa shape index (κ1) is 16.6. The molecule has 0 unspecified atom stereocenters. The van der Waals surface area contributed by atoms with Gasteiger partial charge in [0.25, 0.3) is 0 Å². The molecule has 0 bridgehead atoms. The van der Waals surface area contributed by atoms with E-state index >= 15 is 0 Å². The Balaban J connectivity index is 2.46. The van der Waals surface area contributed by atoms with Gasteiger partial charge >= 0.3 is 15.6 Å². The molecule has 2 aromatic carbocycles. The lowest BCUT2D eigenvalue weighted by molar-refractivity contribution is -0.0500. The molecule has 4 nitrogen and oxygen atoms in total. The smallest absolute Gasteiger partial charge is 0.386 e. The van der Waals surface area contributed by atoms with Crippen LogP contribution in [0.4, 0.5) is 13.2 Å². The van der Waals surface area contributed by atoms with Crippen molar-refractivity contribution in [3.8, 4) is 5.75 Å². The molecule has 2 aromatic rings. The first-order valence-electron chi connectivity index (χ1n) is 6.17. The van der Waals surface area contributed by atoms with Crippen LogP contribution in [0.15, 0.2) is 36.4 Å². The lowest BCUT2D eigenvalue weighted by atomic mass is 9.95. The van der Waals surface area contributed by atoms with E-state index < -0.39 is 27.0 Å². The summed E-state index contributed by atoms with van der Waals surface area (Å²) in [7, 11) is -5.71. The van der Waals surface area contributed by atoms with E-state index in [2.05, 4.69) is 4.18 Å². The summed E-state index contributed by atoms with van der Waals surface area (Å²) >= 11 is 0. The Kier molecular flexibility index (Phi) is 3.87. The number of rotatable bonds is 3. The monoisotopic (exact) mass is 334 g/mol. The topological polar surface area (TPSA) is 63.6 Å². The zero-order chi connectivity index (χ0) is 16.8. The summed E-state index contributed by atoms with van der Waals surface area (Å²) in [6.07, 6.45) is 0. The SMILES string of the molecule is CC(C)(O)c1ccc2ccc(OS(=O)(=O)C(F)(F)F)cc2c1. The van der Waals surface area contributed by atoms with Gasteiger partial charge in [0.1, 0.15) is 5.75 Å². The number of benzene rings is 2. The first-order chi connectivity index (χ1) is 9.90. The van der Waals surface area contributed by atoms with E-state index in [4.69, 9.17) is 0 Å². The number of halogens is 3. The predicted octanol–water partition coefficient (Wildman–Crippen LogP) is 3.30. The van der Waals surface area contributed by atoms with E-state index in [9.17, 15) is 26.7 Å². The zero-order valence-electron chi connectivity index (χ0n) is 11.7. The maximum Gasteiger partial charge on any atom is 0.534 e. The second-order valence-corrected chi connectivity index (χ2v) is 6.80. The fraction of sp³-hybridized carbons (Fsp3) is 0.286. The van der Waals surface area contributed by atoms with E-state index in [1.54, 1.807) is 32.0 Å². The Morgan fingerprint density at radius 3 is 2.14 bits per heavy atom. The molecule has 0 aliphatic carbocycles. The maximum absolute atomic E-state index is 12.3. The van der Waals surface area contributed by atoms with Crippen molar-refractivity contribution in [2.75, 3.05) is 0 Å². The van der Waals surface area contributed by atoms with Crippen LogP contribution in [-0.4, -0.2) is 19.0 Å². The molecule has 0 fully saturated rings. The van der Waals surface area contributed by atoms with Gasteiger partial charge in [-0.3, -0.25) is 0 Å². The summed E-state index contributed by atoms with van der Waals surface area (Å²) in [5, 5.41) is 11.1. The quantitative estimate of drug-likeness (QED) is 0.691. The Bertz CT molecular complexity index is 805. The highest BCUT2D eigenvalue weighted by molar-refractivity contribution is 7.88. The third kappa shape index (κ3) is 3.33. The van der Waals surface area contributed by atoms with Gasteiger partial charge in [0, 0.05) is 0 Å². The van der Waals surface area contributed by atoms with E-state index in [0.717, 1.165) is 6.07 Å². The minimum Gasteiger partial charge on any atom is -0.386 e. The molecule has 0 aromatic heterocycles. The molecule has 0 atom stereocenters. The summed E-state index contributed by atoms with van der Waals surface area (Å²) in [4.78, 5) is 0. The average molecular weight is 334 g/mol. The Morgan fingerprint density at radius 2 is 1.59 bits per heavy atom. The molecule has 0 radical (unpaired) electrons.